The molecule has 2 nitrogen and oxygen atoms in total. The van der Waals surface area contributed by atoms with Crippen LogP contribution in [0.15, 0.2) is 18.2 Å². The van der Waals surface area contributed by atoms with Crippen molar-refractivity contribution in [3.63, 3.8) is 0 Å². The summed E-state index contributed by atoms with van der Waals surface area (Å²) < 4.78 is 12.6. The lowest BCUT2D eigenvalue weighted by atomic mass is 10.1. The third-order valence-electron chi connectivity index (χ3n) is 2.02. The Bertz CT molecular complexity index is 547. The first-order valence-corrected chi connectivity index (χ1v) is 6.43. The number of aryl methyl sites for hydroxylation is 1. The van der Waals surface area contributed by atoms with Crippen LogP contribution in [-0.2, 0) is 0 Å². The normalized spacial score (nSPS) is 11.0. The molecule has 4 heteroatoms. The largest absolute Gasteiger partial charge is 0.295 e. The molecule has 0 aliphatic heterocycles. The Labute approximate surface area is 111 Å². The maximum atomic E-state index is 12.6. The highest BCUT2D eigenvalue weighted by atomic mass is 32.2. The van der Waals surface area contributed by atoms with Crippen LogP contribution in [0.5, 0.6) is 0 Å². The first kappa shape index (κ1) is 14.3. The highest BCUT2D eigenvalue weighted by molar-refractivity contribution is 8.00. The Balaban J connectivity index is 2.76. The Morgan fingerprint density at radius 3 is 2.72 bits per heavy atom. The molecule has 0 aliphatic rings. The fraction of sp³-hybridized carbons (Fsp3) is 0.286. The molecule has 0 bridgehead atoms. The van der Waals surface area contributed by atoms with Gasteiger partial charge in [0, 0.05) is 11.3 Å². The molecule has 0 aliphatic carbocycles. The Kier molecular flexibility index (Phi) is 5.42. The second kappa shape index (κ2) is 6.83. The molecule has 1 atom stereocenters. The molecule has 0 radical (unpaired) electrons. The lowest BCUT2D eigenvalue weighted by Gasteiger charge is -1.98. The quantitative estimate of drug-likeness (QED) is 0.669. The van der Waals surface area contributed by atoms with E-state index in [4.69, 9.17) is 10.7 Å². The van der Waals surface area contributed by atoms with E-state index in [1.54, 1.807) is 12.1 Å². The number of nitriles is 1. The van der Waals surface area contributed by atoms with Gasteiger partial charge in [-0.25, -0.2) is 4.39 Å². The zero-order valence-electron chi connectivity index (χ0n) is 10.2. The predicted molar refractivity (Wildman–Crippen MR) is 73.5 cm³/mol. The fourth-order valence-corrected chi connectivity index (χ4v) is 1.77. The van der Waals surface area contributed by atoms with Gasteiger partial charge in [0.05, 0.1) is 17.3 Å². The van der Waals surface area contributed by atoms with Crippen molar-refractivity contribution in [2.75, 3.05) is 5.75 Å². The van der Waals surface area contributed by atoms with Gasteiger partial charge in [-0.15, -0.1) is 11.8 Å². The molecule has 1 aromatic rings. The van der Waals surface area contributed by atoms with E-state index in [1.165, 1.54) is 6.92 Å². The summed E-state index contributed by atoms with van der Waals surface area (Å²) in [4.78, 5) is 0. The van der Waals surface area contributed by atoms with E-state index in [9.17, 15) is 4.39 Å². The van der Waals surface area contributed by atoms with E-state index in [0.29, 0.717) is 11.1 Å². The summed E-state index contributed by atoms with van der Waals surface area (Å²) in [5.41, 5.74) is 1.41. The van der Waals surface area contributed by atoms with Crippen LogP contribution in [0.3, 0.4) is 0 Å². The van der Waals surface area contributed by atoms with Crippen molar-refractivity contribution < 1.29 is 4.39 Å². The fourth-order valence-electron chi connectivity index (χ4n) is 1.30. The van der Waals surface area contributed by atoms with Gasteiger partial charge in [-0.2, -0.15) is 5.26 Å². The van der Waals surface area contributed by atoms with Gasteiger partial charge >= 0.3 is 0 Å². The van der Waals surface area contributed by atoms with Gasteiger partial charge in [-0.1, -0.05) is 5.92 Å². The van der Waals surface area contributed by atoms with Crippen molar-refractivity contribution in [1.82, 2.24) is 0 Å². The molecule has 18 heavy (non-hydrogen) atoms. The van der Waals surface area contributed by atoms with Gasteiger partial charge in [-0.3, -0.25) is 5.41 Å². The molecule has 0 amide bonds. The number of rotatable bonds is 3. The van der Waals surface area contributed by atoms with E-state index in [0.717, 1.165) is 17.3 Å². The minimum Gasteiger partial charge on any atom is -0.295 e. The minimum atomic E-state index is -0.990. The Morgan fingerprint density at radius 1 is 1.44 bits per heavy atom. The average molecular weight is 260 g/mol. The van der Waals surface area contributed by atoms with Gasteiger partial charge < -0.3 is 0 Å². The van der Waals surface area contributed by atoms with Crippen LogP contribution >= 0.6 is 11.8 Å². The van der Waals surface area contributed by atoms with Crippen LogP contribution in [-0.4, -0.2) is 17.0 Å². The maximum Gasteiger partial charge on any atom is 0.143 e. The molecule has 0 heterocycles. The van der Waals surface area contributed by atoms with Gasteiger partial charge in [0.25, 0.3) is 0 Å². The van der Waals surface area contributed by atoms with E-state index in [1.807, 2.05) is 13.0 Å². The molecule has 0 saturated carbocycles. The minimum absolute atomic E-state index is 0.185. The molecule has 92 valence electrons. The van der Waals surface area contributed by atoms with Crippen molar-refractivity contribution in [3.05, 3.63) is 34.9 Å². The second-order valence-electron chi connectivity index (χ2n) is 3.78. The summed E-state index contributed by atoms with van der Waals surface area (Å²) in [6, 6.07) is 7.37. The van der Waals surface area contributed by atoms with E-state index in [2.05, 4.69) is 17.9 Å². The van der Waals surface area contributed by atoms with Gasteiger partial charge in [0.15, 0.2) is 0 Å². The molecular formula is C14H13FN2S. The highest BCUT2D eigenvalue weighted by Crippen LogP contribution is 2.11. The Morgan fingerprint density at radius 2 is 2.11 bits per heavy atom. The third-order valence-corrected chi connectivity index (χ3v) is 2.94. The summed E-state index contributed by atoms with van der Waals surface area (Å²) in [5, 5.41) is 16.4. The Hall–Kier alpha value is -1.78. The number of nitrogens with one attached hydrogen (secondary N) is 1. The molecular weight excluding hydrogens is 247 g/mol. The standard InChI is InChI=1S/C14H13FN2S/c1-10-5-12(7-13(6-10)8-16)3-4-14(17)9-18-11(2)15/h5-7,11,17H,9H2,1-2H3. The SMILES string of the molecule is Cc1cc(C#N)cc(C#CC(=N)CSC(C)F)c1. The average Bonchev–Trinajstić information content (AvgIpc) is 2.33. The summed E-state index contributed by atoms with van der Waals surface area (Å²) in [5.74, 6) is 5.76. The summed E-state index contributed by atoms with van der Waals surface area (Å²) >= 11 is 1.04. The van der Waals surface area contributed by atoms with Gasteiger partial charge in [0.2, 0.25) is 0 Å². The number of benzene rings is 1. The number of alkyl halides is 1. The zero-order chi connectivity index (χ0) is 13.5. The van der Waals surface area contributed by atoms with E-state index >= 15 is 0 Å². The van der Waals surface area contributed by atoms with E-state index < -0.39 is 5.50 Å². The van der Waals surface area contributed by atoms with Crippen LogP contribution in [0.4, 0.5) is 4.39 Å². The number of halogens is 1. The highest BCUT2D eigenvalue weighted by Gasteiger charge is 2.00. The molecule has 1 N–H and O–H groups in total. The van der Waals surface area contributed by atoms with Crippen molar-refractivity contribution in [3.8, 4) is 17.9 Å². The summed E-state index contributed by atoms with van der Waals surface area (Å²) in [6.07, 6.45) is 0. The molecule has 1 unspecified atom stereocenters. The van der Waals surface area contributed by atoms with Crippen molar-refractivity contribution in [2.24, 2.45) is 0 Å². The molecule has 0 saturated heterocycles. The van der Waals surface area contributed by atoms with Crippen LogP contribution in [0, 0.1) is 35.5 Å². The van der Waals surface area contributed by atoms with Gasteiger partial charge in [0.1, 0.15) is 5.50 Å². The molecule has 0 aromatic heterocycles. The van der Waals surface area contributed by atoms with Crippen molar-refractivity contribution in [2.45, 2.75) is 19.4 Å². The zero-order valence-corrected chi connectivity index (χ0v) is 11.1. The molecule has 0 fully saturated rings. The number of nitrogens with zero attached hydrogens (tertiary/aromatic N) is 1. The van der Waals surface area contributed by atoms with Crippen molar-refractivity contribution in [1.29, 1.82) is 10.7 Å². The number of hydrogen-bond acceptors (Lipinski definition) is 3. The summed E-state index contributed by atoms with van der Waals surface area (Å²) in [7, 11) is 0. The maximum absolute atomic E-state index is 12.6. The first-order chi connectivity index (χ1) is 8.51. The smallest absolute Gasteiger partial charge is 0.143 e. The first-order valence-electron chi connectivity index (χ1n) is 5.38. The third kappa shape index (κ3) is 5.03. The summed E-state index contributed by atoms with van der Waals surface area (Å²) in [6.45, 7) is 3.32. The van der Waals surface area contributed by atoms with Crippen LogP contribution in [0.1, 0.15) is 23.6 Å². The molecule has 1 aromatic carbocycles. The number of thioether (sulfide) groups is 1. The van der Waals surface area contributed by atoms with Crippen molar-refractivity contribution >= 4 is 17.5 Å². The predicted octanol–water partition coefficient (Wildman–Crippen LogP) is 3.29. The lowest BCUT2D eigenvalue weighted by molar-refractivity contribution is 0.484. The van der Waals surface area contributed by atoms with E-state index in [-0.39, 0.29) is 11.5 Å². The van der Waals surface area contributed by atoms with Crippen LogP contribution in [0.2, 0.25) is 0 Å². The van der Waals surface area contributed by atoms with Crippen LogP contribution < -0.4 is 0 Å². The molecule has 0 spiro atoms. The second-order valence-corrected chi connectivity index (χ2v) is 5.05. The lowest BCUT2D eigenvalue weighted by Crippen LogP contribution is -1.99. The van der Waals surface area contributed by atoms with Crippen LogP contribution in [0.25, 0.3) is 0 Å². The topological polar surface area (TPSA) is 47.6 Å². The number of hydrogen-bond donors (Lipinski definition) is 1. The molecule has 1 rings (SSSR count). The van der Waals surface area contributed by atoms with Gasteiger partial charge in [-0.05, 0) is 43.5 Å². The monoisotopic (exact) mass is 260 g/mol.